The van der Waals surface area contributed by atoms with Gasteiger partial charge in [-0.15, -0.1) is 35.9 Å². The Morgan fingerprint density at radius 3 is 2.30 bits per heavy atom. The molecule has 1 N–H and O–H groups in total. The largest absolute Gasteiger partial charge is 0.674 e. The molecule has 0 fully saturated rings. The number of carbonyl (C=O) groups is 1. The summed E-state index contributed by atoms with van der Waals surface area (Å²) >= 11 is 0. The Hall–Kier alpha value is -3.69. The molecule has 0 spiro atoms. The smallest absolute Gasteiger partial charge is 0.100 e. The van der Waals surface area contributed by atoms with Gasteiger partial charge in [-0.2, -0.15) is 5.69 Å². The van der Waals surface area contributed by atoms with Gasteiger partial charge in [0, 0.05) is 33.1 Å². The Morgan fingerprint density at radius 2 is 1.58 bits per heavy atom. The van der Waals surface area contributed by atoms with Gasteiger partial charge in [0.15, 0.2) is 0 Å². The second-order valence-electron chi connectivity index (χ2n) is 7.00. The molecular weight excluding hydrogens is 593 g/mol. The predicted molar refractivity (Wildman–Crippen MR) is 128 cm³/mol. The van der Waals surface area contributed by atoms with Gasteiger partial charge < -0.3 is 25.1 Å². The van der Waals surface area contributed by atoms with E-state index in [1.54, 1.807) is 59.5 Å². The van der Waals surface area contributed by atoms with E-state index in [1.165, 1.54) is 0 Å². The summed E-state index contributed by atoms with van der Waals surface area (Å²) in [6, 6.07) is 31.7. The third-order valence-electron chi connectivity index (χ3n) is 4.79. The number of para-hydroxylation sites is 5. The van der Waals surface area contributed by atoms with Crippen LogP contribution in [0.2, 0.25) is 0 Å². The minimum absolute atomic E-state index is 0. The Balaban J connectivity index is 0.00000306. The quantitative estimate of drug-likeness (QED) is 0.114. The molecule has 0 aliphatic heterocycles. The molecule has 0 aliphatic rings. The van der Waals surface area contributed by atoms with Crippen molar-refractivity contribution >= 4 is 35.0 Å². The van der Waals surface area contributed by atoms with Crippen LogP contribution in [0.3, 0.4) is 0 Å². The number of hydrogen-bond acceptors (Lipinski definition) is 3. The van der Waals surface area contributed by atoms with Crippen LogP contribution in [0.15, 0.2) is 102 Å². The van der Waals surface area contributed by atoms with Crippen LogP contribution in [-0.2, 0) is 21.1 Å². The molecule has 0 bridgehead atoms. The summed E-state index contributed by atoms with van der Waals surface area (Å²) < 4.78 is 0. The first-order valence-electron chi connectivity index (χ1n) is 10.1. The van der Waals surface area contributed by atoms with Crippen LogP contribution in [0.1, 0.15) is 15.9 Å². The minimum atomic E-state index is -0.388. The van der Waals surface area contributed by atoms with Gasteiger partial charge >= 0.3 is 0 Å². The number of rotatable bonds is 6. The maximum absolute atomic E-state index is 12.7. The Morgan fingerprint density at radius 1 is 0.909 bits per heavy atom. The van der Waals surface area contributed by atoms with E-state index in [0.29, 0.717) is 22.6 Å². The van der Waals surface area contributed by atoms with E-state index in [-0.39, 0.29) is 32.7 Å². The van der Waals surface area contributed by atoms with Crippen LogP contribution in [0, 0.1) is 13.0 Å². The number of hydrogen-bond donors (Lipinski definition) is 1. The van der Waals surface area contributed by atoms with Crippen LogP contribution in [-0.4, -0.2) is 17.4 Å². The average Bonchev–Trinajstić information content (AvgIpc) is 2.83. The van der Waals surface area contributed by atoms with Gasteiger partial charge in [-0.3, -0.25) is 0 Å². The summed E-state index contributed by atoms with van der Waals surface area (Å²) in [4.78, 5) is 18.8. The molecule has 33 heavy (non-hydrogen) atoms. The molecule has 0 radical (unpaired) electrons. The molecular formula is C27H20N3O2Pt-3. The zero-order valence-corrected chi connectivity index (χ0v) is 20.0. The third kappa shape index (κ3) is 5.76. The number of aryl methyl sites for hydroxylation is 1. The van der Waals surface area contributed by atoms with E-state index < -0.39 is 0 Å². The van der Waals surface area contributed by atoms with Crippen molar-refractivity contribution in [1.82, 2.24) is 0 Å². The van der Waals surface area contributed by atoms with Crippen molar-refractivity contribution in [3.05, 3.63) is 120 Å². The fourth-order valence-corrected chi connectivity index (χ4v) is 3.16. The Kier molecular flexibility index (Phi) is 8.17. The minimum Gasteiger partial charge on any atom is -0.674 e. The monoisotopic (exact) mass is 613 g/mol. The first kappa shape index (κ1) is 24.0. The van der Waals surface area contributed by atoms with Gasteiger partial charge in [-0.25, -0.2) is 0 Å². The molecule has 0 saturated carbocycles. The first-order chi connectivity index (χ1) is 15.6. The van der Waals surface area contributed by atoms with E-state index in [4.69, 9.17) is 0 Å². The number of phenols is 1. The number of anilines is 2. The number of benzene rings is 4. The molecule has 0 saturated heterocycles. The summed E-state index contributed by atoms with van der Waals surface area (Å²) in [5.74, 6) is -0.335. The van der Waals surface area contributed by atoms with Gasteiger partial charge in [0.1, 0.15) is 5.75 Å². The summed E-state index contributed by atoms with van der Waals surface area (Å²) in [5.41, 5.74) is 3.69. The number of amides is 1. The molecule has 0 atom stereocenters. The molecule has 6 heteroatoms. The van der Waals surface area contributed by atoms with Gasteiger partial charge in [-0.05, 0) is 30.3 Å². The van der Waals surface area contributed by atoms with Gasteiger partial charge in [0.2, 0.25) is 0 Å². The van der Waals surface area contributed by atoms with Gasteiger partial charge in [0.25, 0.3) is 0 Å². The molecule has 1 amide bonds. The van der Waals surface area contributed by atoms with Crippen molar-refractivity contribution < 1.29 is 31.0 Å². The van der Waals surface area contributed by atoms with Crippen molar-refractivity contribution in [3.8, 4) is 5.75 Å². The number of aromatic hydroxyl groups is 1. The number of phenolic OH excluding ortho intramolecular Hbond substituents is 1. The SMILES string of the molecule is Cc1ccccc1N([C-]=Nc1ccccc1O)c1ccccc1[N-]C(=O)c1[c-]cccc1.[Pt]. The number of nitrogens with zero attached hydrogens (tertiary/aromatic N) is 3. The fraction of sp³-hybridized carbons (Fsp3) is 0.0370. The van der Waals surface area contributed by atoms with Gasteiger partial charge in [-0.1, -0.05) is 72.3 Å². The standard InChI is InChI=1S/C27H21N3O2.Pt/c1-20-11-5-8-16-24(20)30(19-28-23-15-7-10-18-26(23)31)25-17-9-6-14-22(25)29-27(32)21-12-3-2-4-13-21;/h2-12,14-18H,1H3,(H2,29,31,32);/q-2;/p-1. The van der Waals surface area contributed by atoms with E-state index >= 15 is 0 Å². The molecule has 168 valence electrons. The van der Waals surface area contributed by atoms with E-state index in [1.807, 2.05) is 49.4 Å². The first-order valence-corrected chi connectivity index (χ1v) is 10.1. The van der Waals surface area contributed by atoms with Crippen LogP contribution in [0.4, 0.5) is 22.7 Å². The predicted octanol–water partition coefficient (Wildman–Crippen LogP) is 6.72. The molecule has 4 aromatic carbocycles. The van der Waals surface area contributed by atoms with E-state index in [9.17, 15) is 9.90 Å². The zero-order chi connectivity index (χ0) is 22.3. The topological polar surface area (TPSA) is 67.0 Å². The number of carbonyl (C=O) groups excluding carboxylic acids is 1. The molecule has 4 aromatic rings. The summed E-state index contributed by atoms with van der Waals surface area (Å²) in [6.07, 6.45) is 3.02. The number of aliphatic imine (C=N–C) groups is 1. The summed E-state index contributed by atoms with van der Waals surface area (Å²) in [6.45, 7) is 1.98. The van der Waals surface area contributed by atoms with Crippen LogP contribution < -0.4 is 4.90 Å². The van der Waals surface area contributed by atoms with Crippen molar-refractivity contribution in [2.45, 2.75) is 6.92 Å². The molecule has 0 heterocycles. The Labute approximate surface area is 207 Å². The van der Waals surface area contributed by atoms with Crippen LogP contribution >= 0.6 is 0 Å². The second-order valence-corrected chi connectivity index (χ2v) is 7.00. The molecule has 4 rings (SSSR count). The maximum Gasteiger partial charge on any atom is 0.100 e. The van der Waals surface area contributed by atoms with Crippen molar-refractivity contribution in [3.63, 3.8) is 0 Å². The van der Waals surface area contributed by atoms with E-state index in [0.717, 1.165) is 11.3 Å². The zero-order valence-electron chi connectivity index (χ0n) is 17.8. The average molecular weight is 614 g/mol. The Bertz CT molecular complexity index is 1260. The van der Waals surface area contributed by atoms with Crippen molar-refractivity contribution in [1.29, 1.82) is 0 Å². The van der Waals surface area contributed by atoms with Crippen molar-refractivity contribution in [2.24, 2.45) is 4.99 Å². The summed E-state index contributed by atoms with van der Waals surface area (Å²) in [7, 11) is 0. The fourth-order valence-electron chi connectivity index (χ4n) is 3.16. The molecule has 0 unspecified atom stereocenters. The summed E-state index contributed by atoms with van der Waals surface area (Å²) in [5, 5.41) is 14.4. The third-order valence-corrected chi connectivity index (χ3v) is 4.79. The molecule has 0 aliphatic carbocycles. The van der Waals surface area contributed by atoms with Gasteiger partial charge in [0.05, 0.1) is 0 Å². The molecule has 5 nitrogen and oxygen atoms in total. The van der Waals surface area contributed by atoms with Crippen LogP contribution in [0.5, 0.6) is 5.75 Å². The van der Waals surface area contributed by atoms with E-state index in [2.05, 4.69) is 22.7 Å². The second kappa shape index (κ2) is 11.3. The normalized spacial score (nSPS) is 10.5. The van der Waals surface area contributed by atoms with Crippen molar-refractivity contribution in [2.75, 3.05) is 4.90 Å². The molecule has 0 aromatic heterocycles. The van der Waals surface area contributed by atoms with Crippen LogP contribution in [0.25, 0.3) is 5.32 Å². The maximum atomic E-state index is 12.7.